The standard InChI is InChI=1S/C20H21FN2O2/c1-13(2)14-7-9-16(10-8-14)23-12-15(11-19(23)24)20(25)22-18-6-4-3-5-17(18)21/h3-10,13,15H,11-12H2,1-2H3,(H,22,25)/t15-/m1/s1. The highest BCUT2D eigenvalue weighted by atomic mass is 19.1. The van der Waals surface area contributed by atoms with E-state index in [1.807, 2.05) is 24.3 Å². The summed E-state index contributed by atoms with van der Waals surface area (Å²) >= 11 is 0. The number of para-hydroxylation sites is 1. The van der Waals surface area contributed by atoms with E-state index in [4.69, 9.17) is 0 Å². The molecular weight excluding hydrogens is 319 g/mol. The molecule has 3 rings (SSSR count). The first-order valence-electron chi connectivity index (χ1n) is 8.41. The summed E-state index contributed by atoms with van der Waals surface area (Å²) in [6, 6.07) is 13.8. The van der Waals surface area contributed by atoms with Gasteiger partial charge in [-0.3, -0.25) is 9.59 Å². The van der Waals surface area contributed by atoms with Gasteiger partial charge in [0.1, 0.15) is 5.82 Å². The predicted octanol–water partition coefficient (Wildman–Crippen LogP) is 3.94. The summed E-state index contributed by atoms with van der Waals surface area (Å²) in [5, 5.41) is 2.58. The van der Waals surface area contributed by atoms with E-state index in [2.05, 4.69) is 19.2 Å². The normalized spacial score (nSPS) is 17.2. The molecule has 2 amide bonds. The number of amides is 2. The molecule has 130 valence electrons. The Balaban J connectivity index is 1.69. The number of hydrogen-bond acceptors (Lipinski definition) is 2. The molecule has 1 fully saturated rings. The molecule has 0 aliphatic carbocycles. The quantitative estimate of drug-likeness (QED) is 0.916. The zero-order chi connectivity index (χ0) is 18.0. The number of rotatable bonds is 4. The van der Waals surface area contributed by atoms with E-state index in [0.29, 0.717) is 12.5 Å². The van der Waals surface area contributed by atoms with Gasteiger partial charge < -0.3 is 10.2 Å². The smallest absolute Gasteiger partial charge is 0.229 e. The molecule has 1 heterocycles. The zero-order valence-electron chi connectivity index (χ0n) is 14.3. The van der Waals surface area contributed by atoms with Crippen LogP contribution in [0.2, 0.25) is 0 Å². The second kappa shape index (κ2) is 7.05. The van der Waals surface area contributed by atoms with Crippen LogP contribution < -0.4 is 10.2 Å². The minimum atomic E-state index is -0.489. The van der Waals surface area contributed by atoms with Crippen molar-refractivity contribution in [1.82, 2.24) is 0 Å². The summed E-state index contributed by atoms with van der Waals surface area (Å²) in [7, 11) is 0. The Morgan fingerprint density at radius 1 is 1.16 bits per heavy atom. The second-order valence-corrected chi connectivity index (χ2v) is 6.62. The summed E-state index contributed by atoms with van der Waals surface area (Å²) in [5.41, 5.74) is 2.12. The summed E-state index contributed by atoms with van der Waals surface area (Å²) in [6.07, 6.45) is 0.131. The Kier molecular flexibility index (Phi) is 4.83. The van der Waals surface area contributed by atoms with Crippen LogP contribution in [0.5, 0.6) is 0 Å². The molecule has 1 N–H and O–H groups in total. The molecule has 25 heavy (non-hydrogen) atoms. The lowest BCUT2D eigenvalue weighted by atomic mass is 10.0. The van der Waals surface area contributed by atoms with Crippen molar-refractivity contribution in [2.45, 2.75) is 26.2 Å². The minimum Gasteiger partial charge on any atom is -0.323 e. The van der Waals surface area contributed by atoms with Crippen molar-refractivity contribution in [3.05, 3.63) is 59.9 Å². The van der Waals surface area contributed by atoms with E-state index in [0.717, 1.165) is 5.69 Å². The highest BCUT2D eigenvalue weighted by Gasteiger charge is 2.35. The summed E-state index contributed by atoms with van der Waals surface area (Å²) in [6.45, 7) is 4.53. The van der Waals surface area contributed by atoms with Gasteiger partial charge in [-0.15, -0.1) is 0 Å². The maximum atomic E-state index is 13.7. The lowest BCUT2D eigenvalue weighted by molar-refractivity contribution is -0.122. The van der Waals surface area contributed by atoms with Gasteiger partial charge in [0.15, 0.2) is 0 Å². The third-order valence-electron chi connectivity index (χ3n) is 4.50. The van der Waals surface area contributed by atoms with Crippen LogP contribution in [0, 0.1) is 11.7 Å². The number of nitrogens with zero attached hydrogens (tertiary/aromatic N) is 1. The summed E-state index contributed by atoms with van der Waals surface area (Å²) in [4.78, 5) is 26.3. The number of anilines is 2. The number of nitrogens with one attached hydrogen (secondary N) is 1. The third-order valence-corrected chi connectivity index (χ3v) is 4.50. The van der Waals surface area contributed by atoms with Gasteiger partial charge >= 0.3 is 0 Å². The van der Waals surface area contributed by atoms with Gasteiger partial charge in [-0.25, -0.2) is 4.39 Å². The largest absolute Gasteiger partial charge is 0.323 e. The molecule has 2 aromatic rings. The van der Waals surface area contributed by atoms with Crippen LogP contribution in [0.3, 0.4) is 0 Å². The fourth-order valence-electron chi connectivity index (χ4n) is 2.97. The van der Waals surface area contributed by atoms with Crippen molar-refractivity contribution < 1.29 is 14.0 Å². The first kappa shape index (κ1) is 17.1. The Bertz CT molecular complexity index is 787. The van der Waals surface area contributed by atoms with Crippen molar-refractivity contribution in [2.24, 2.45) is 5.92 Å². The average molecular weight is 340 g/mol. The van der Waals surface area contributed by atoms with E-state index in [1.54, 1.807) is 17.0 Å². The Labute approximate surface area is 146 Å². The molecule has 0 radical (unpaired) electrons. The minimum absolute atomic E-state index is 0.0917. The average Bonchev–Trinajstić information content (AvgIpc) is 2.99. The van der Waals surface area contributed by atoms with Gasteiger partial charge in [0.25, 0.3) is 0 Å². The molecule has 2 aromatic carbocycles. The SMILES string of the molecule is CC(C)c1ccc(N2C[C@H](C(=O)Nc3ccccc3F)CC2=O)cc1. The lowest BCUT2D eigenvalue weighted by Crippen LogP contribution is -2.28. The van der Waals surface area contributed by atoms with Crippen LogP contribution in [0.15, 0.2) is 48.5 Å². The van der Waals surface area contributed by atoms with Gasteiger partial charge in [0, 0.05) is 18.7 Å². The monoisotopic (exact) mass is 340 g/mol. The Morgan fingerprint density at radius 2 is 1.84 bits per heavy atom. The molecular formula is C20H21FN2O2. The van der Waals surface area contributed by atoms with Crippen molar-refractivity contribution >= 4 is 23.2 Å². The van der Waals surface area contributed by atoms with Crippen LogP contribution in [0.4, 0.5) is 15.8 Å². The highest BCUT2D eigenvalue weighted by Crippen LogP contribution is 2.27. The molecule has 1 aliphatic heterocycles. The third kappa shape index (κ3) is 3.71. The lowest BCUT2D eigenvalue weighted by Gasteiger charge is -2.18. The van der Waals surface area contributed by atoms with Gasteiger partial charge in [-0.1, -0.05) is 38.1 Å². The zero-order valence-corrected chi connectivity index (χ0v) is 14.3. The first-order chi connectivity index (χ1) is 12.0. The van der Waals surface area contributed by atoms with E-state index in [1.165, 1.54) is 17.7 Å². The van der Waals surface area contributed by atoms with Crippen LogP contribution in [0.25, 0.3) is 0 Å². The van der Waals surface area contributed by atoms with Gasteiger partial charge in [-0.05, 0) is 35.7 Å². The maximum Gasteiger partial charge on any atom is 0.229 e. The fraction of sp³-hybridized carbons (Fsp3) is 0.300. The Hall–Kier alpha value is -2.69. The predicted molar refractivity (Wildman–Crippen MR) is 96.0 cm³/mol. The van der Waals surface area contributed by atoms with Crippen LogP contribution in [-0.2, 0) is 9.59 Å². The molecule has 1 atom stereocenters. The van der Waals surface area contributed by atoms with E-state index in [9.17, 15) is 14.0 Å². The first-order valence-corrected chi connectivity index (χ1v) is 8.41. The van der Waals surface area contributed by atoms with Crippen molar-refractivity contribution in [2.75, 3.05) is 16.8 Å². The maximum absolute atomic E-state index is 13.7. The van der Waals surface area contributed by atoms with E-state index < -0.39 is 11.7 Å². The molecule has 0 unspecified atom stereocenters. The van der Waals surface area contributed by atoms with Crippen LogP contribution in [0.1, 0.15) is 31.7 Å². The van der Waals surface area contributed by atoms with Crippen molar-refractivity contribution in [3.63, 3.8) is 0 Å². The fourth-order valence-corrected chi connectivity index (χ4v) is 2.97. The molecule has 4 nitrogen and oxygen atoms in total. The van der Waals surface area contributed by atoms with Gasteiger partial charge in [-0.2, -0.15) is 0 Å². The van der Waals surface area contributed by atoms with Crippen LogP contribution in [-0.4, -0.2) is 18.4 Å². The number of carbonyl (C=O) groups is 2. The van der Waals surface area contributed by atoms with E-state index >= 15 is 0 Å². The number of hydrogen-bond donors (Lipinski definition) is 1. The molecule has 0 saturated carbocycles. The molecule has 1 saturated heterocycles. The second-order valence-electron chi connectivity index (χ2n) is 6.62. The van der Waals surface area contributed by atoms with Crippen LogP contribution >= 0.6 is 0 Å². The van der Waals surface area contributed by atoms with Crippen molar-refractivity contribution in [1.29, 1.82) is 0 Å². The number of halogens is 1. The van der Waals surface area contributed by atoms with Gasteiger partial charge in [0.2, 0.25) is 11.8 Å². The molecule has 0 spiro atoms. The van der Waals surface area contributed by atoms with Crippen molar-refractivity contribution in [3.8, 4) is 0 Å². The molecule has 5 heteroatoms. The summed E-state index contributed by atoms with van der Waals surface area (Å²) < 4.78 is 13.7. The summed E-state index contributed by atoms with van der Waals surface area (Å²) in [5.74, 6) is -0.980. The van der Waals surface area contributed by atoms with E-state index in [-0.39, 0.29) is 23.9 Å². The molecule has 0 aromatic heterocycles. The number of benzene rings is 2. The Morgan fingerprint density at radius 3 is 2.48 bits per heavy atom. The number of carbonyl (C=O) groups excluding carboxylic acids is 2. The van der Waals surface area contributed by atoms with Gasteiger partial charge in [0.05, 0.1) is 11.6 Å². The topological polar surface area (TPSA) is 49.4 Å². The highest BCUT2D eigenvalue weighted by molar-refractivity contribution is 6.03. The molecule has 0 bridgehead atoms. The molecule has 1 aliphatic rings.